The Labute approximate surface area is 855 Å². The molecule has 8 heterocycles. The summed E-state index contributed by atoms with van der Waals surface area (Å²) in [6.07, 6.45) is 7.00. The van der Waals surface area contributed by atoms with Gasteiger partial charge in [-0.15, -0.1) is 0 Å². The van der Waals surface area contributed by atoms with Gasteiger partial charge in [0, 0.05) is 91.3 Å². The summed E-state index contributed by atoms with van der Waals surface area (Å²) in [5, 5.41) is 1.94. The third-order valence-corrected chi connectivity index (χ3v) is 29.1. The number of aromatic nitrogens is 4. The minimum atomic E-state index is -1.65. The lowest BCUT2D eigenvalue weighted by Gasteiger charge is -2.48. The number of imidazole rings is 1. The second-order valence-corrected chi connectivity index (χ2v) is 40.4. The molecule has 5 aliphatic heterocycles. The molecule has 32 nitrogen and oxygen atoms in total. The maximum Gasteiger partial charge on any atom is 0.420 e. The number of cyclic esters (lactones) is 2. The normalized spacial score (nSPS) is 30.6. The van der Waals surface area contributed by atoms with Gasteiger partial charge in [-0.2, -0.15) is 0 Å². The van der Waals surface area contributed by atoms with E-state index in [0.29, 0.717) is 30.5 Å². The van der Waals surface area contributed by atoms with Gasteiger partial charge >= 0.3 is 36.1 Å². The van der Waals surface area contributed by atoms with Gasteiger partial charge in [-0.25, -0.2) is 28.7 Å². The molecule has 0 unspecified atom stereocenters. The van der Waals surface area contributed by atoms with Crippen molar-refractivity contribution in [2.75, 3.05) is 93.8 Å². The zero-order chi connectivity index (χ0) is 106. The second kappa shape index (κ2) is 53.0. The Hall–Kier alpha value is -11.0. The number of Topliss-reactive ketones (excluding diaryl/α,β-unsaturated/α-hetero) is 4. The topological polar surface area (TPSA) is 367 Å². The summed E-state index contributed by atoms with van der Waals surface area (Å²) < 4.78 is 79.4. The highest BCUT2D eigenvalue weighted by Crippen LogP contribution is 2.46. The summed E-state index contributed by atoms with van der Waals surface area (Å²) in [5.74, 6) is -11.5. The highest BCUT2D eigenvalue weighted by atomic mass is 16.7. The first-order chi connectivity index (χ1) is 68.9. The predicted octanol–water partition coefficient (Wildman–Crippen LogP) is 16.4. The first-order valence-corrected chi connectivity index (χ1v) is 51.3. The lowest BCUT2D eigenvalue weighted by Crippen LogP contribution is -2.61. The van der Waals surface area contributed by atoms with Crippen molar-refractivity contribution in [1.82, 2.24) is 44.0 Å². The Morgan fingerprint density at radius 2 is 0.979 bits per heavy atom. The van der Waals surface area contributed by atoms with E-state index in [1.54, 1.807) is 134 Å². The van der Waals surface area contributed by atoms with Crippen molar-refractivity contribution in [3.8, 4) is 0 Å². The number of nitrogens with two attached hydrogens (primary N) is 1. The van der Waals surface area contributed by atoms with E-state index >= 15 is 9.59 Å². The fourth-order valence-electron chi connectivity index (χ4n) is 20.9. The van der Waals surface area contributed by atoms with E-state index in [1.807, 2.05) is 177 Å². The molecule has 1 amide bonds. The summed E-state index contributed by atoms with van der Waals surface area (Å²) in [7, 11) is 7.55. The molecule has 2 N–H and O–H groups in total. The molecule has 145 heavy (non-hydrogen) atoms. The fourth-order valence-corrected chi connectivity index (χ4v) is 20.9. The van der Waals surface area contributed by atoms with Gasteiger partial charge in [0.15, 0.2) is 53.3 Å². The van der Waals surface area contributed by atoms with Crippen molar-refractivity contribution in [1.29, 1.82) is 0 Å². The number of pyridine rings is 2. The van der Waals surface area contributed by atoms with Crippen LogP contribution in [0.25, 0.3) is 34.0 Å². The summed E-state index contributed by atoms with van der Waals surface area (Å²) in [6, 6.07) is 35.3. The van der Waals surface area contributed by atoms with Crippen LogP contribution in [0.2, 0.25) is 0 Å². The molecule has 24 atom stereocenters. The average Bonchev–Trinajstić information content (AvgIpc) is 1.60. The molecule has 0 saturated carbocycles. The molecule has 0 spiro atoms. The third-order valence-electron chi connectivity index (χ3n) is 29.1. The van der Waals surface area contributed by atoms with Crippen molar-refractivity contribution < 1.29 is 105 Å². The zero-order valence-electron chi connectivity index (χ0n) is 89.3. The fraction of sp³-hybridized carbons (Fsp3) is 0.566. The zero-order valence-corrected chi connectivity index (χ0v) is 89.3. The number of allylic oxidation sites excluding steroid dienone is 1. The summed E-state index contributed by atoms with van der Waals surface area (Å²) in [4.78, 5) is 167. The van der Waals surface area contributed by atoms with Crippen LogP contribution in [0, 0.1) is 41.4 Å². The van der Waals surface area contributed by atoms with Gasteiger partial charge in [0.1, 0.15) is 36.2 Å². The standard InChI is InChI=1S/C55H76N4O11.C52H64N4O11.C6H16N2/c1-13-44-55(10)48(59(53(64)70-55)28-27-58(14-2)15-3)36(6)45(60)34(4)32-54(9,65-29-21-22-39-31-41-25-19-20-26-42(41)56-33-39)49(37(7)46(61)38(8)50(62)67-44)69-52-47(43(57(11)12)30-35(5)66-52)68-51(63)40-23-17-16-18-24-40;1-11-42-51(7,67-50(61)56-24-23-53-31-56)28-32(2)43(57)33(3)29-52(8,62-25-17-18-37-27-39-21-15-16-22-40(39)54-30-37)46(35(5)44(58)36(6)47(59)64-42)66-49-45(41(55(9)10)26-34(4)63-49)65-48(60)38-19-13-12-14-20-38;1-3-8(4-2)6-5-7/h16-26,31,33-38,43-44,47-49,52H,13-15,27-30,32H2,1-12H3;12-24,27-28,30-31,33-36,41-42,45-46,49H,11,25-26,29H2,1-10H3;3-7H2,1-2H3/b22-21+;18-17+,32-28+;/t34-,35-,36+,37+,38-,43+,44-,47-,48-,49-,52+,54-,55-;33-,34-,35+,36-,41+,42-,45-,46-,49+,51+,52-;/m11./s1. The van der Waals surface area contributed by atoms with E-state index in [9.17, 15) is 38.4 Å². The van der Waals surface area contributed by atoms with E-state index in [2.05, 4.69) is 38.6 Å². The molecule has 12 rings (SSSR count). The summed E-state index contributed by atoms with van der Waals surface area (Å²) in [6.45, 7) is 42.4. The summed E-state index contributed by atoms with van der Waals surface area (Å²) in [5.41, 5.74) is 3.66. The number of benzene rings is 4. The highest BCUT2D eigenvalue weighted by Gasteiger charge is 2.62. The van der Waals surface area contributed by atoms with Gasteiger partial charge in [0.05, 0.1) is 89.1 Å². The number of amides is 1. The van der Waals surface area contributed by atoms with Crippen LogP contribution in [-0.2, 0) is 85.6 Å². The molecule has 0 aliphatic carbocycles. The van der Waals surface area contributed by atoms with Crippen molar-refractivity contribution in [2.45, 2.75) is 279 Å². The maximum absolute atomic E-state index is 15.3. The molecule has 790 valence electrons. The lowest BCUT2D eigenvalue weighted by molar-refractivity contribution is -0.296. The van der Waals surface area contributed by atoms with Crippen LogP contribution in [0.3, 0.4) is 0 Å². The number of esters is 4. The SMILES string of the molecule is CCN(CC)CCN.CC[C@H]1OC(=O)[C@H](C)C(=O)[C@H](C)[C@@H](O[C@@H]2O[C@H](C)C[C@H](N(C)C)[C@H]2OC(=O)c2ccccc2)[C@](C)(OC/C=C/c2cnc3ccccc3c2)C[C@@H](C)C(=O)/C(C)=C/[C@]1(C)OC(=O)n1ccnc1.CC[C@H]1OC(=O)[C@H](C)C(=O)[C@H](C)[C@@H](O[C@@H]2O[C@H](C)C[C@H](N(C)C)[C@H]2OC(=O)c2ccccc2)[C@](C)(OC/C=C/c2cnc3ccccc3c2)C[C@@H](C)C(=O)[C@H](C)[C@H]2N(CCN(CC)CC)C(=O)O[C@]12C. The molecule has 4 saturated heterocycles. The Balaban J connectivity index is 0.000000276. The van der Waals surface area contributed by atoms with E-state index in [4.69, 9.17) is 62.6 Å². The second-order valence-electron chi connectivity index (χ2n) is 40.4. The Bertz CT molecular complexity index is 5560. The van der Waals surface area contributed by atoms with Crippen LogP contribution in [-0.4, -0.2) is 299 Å². The predicted molar refractivity (Wildman–Crippen MR) is 554 cm³/mol. The van der Waals surface area contributed by atoms with Crippen molar-refractivity contribution in [2.24, 2.45) is 47.2 Å². The average molecular weight is 2010 g/mol. The number of carbonyl (C=O) groups is 10. The quantitative estimate of drug-likeness (QED) is 0.0248. The van der Waals surface area contributed by atoms with Crippen LogP contribution in [0.5, 0.6) is 0 Å². The minimum Gasteiger partial charge on any atom is -0.458 e. The molecule has 0 radical (unpaired) electrons. The number of para-hydroxylation sites is 2. The van der Waals surface area contributed by atoms with Crippen LogP contribution in [0.4, 0.5) is 9.59 Å². The number of ketones is 4. The Morgan fingerprint density at radius 3 is 1.40 bits per heavy atom. The van der Waals surface area contributed by atoms with Gasteiger partial charge < -0.3 is 82.2 Å². The number of fused-ring (bicyclic) bond motifs is 3. The van der Waals surface area contributed by atoms with Crippen molar-refractivity contribution in [3.05, 3.63) is 198 Å². The molecule has 7 aromatic rings. The smallest absolute Gasteiger partial charge is 0.420 e. The van der Waals surface area contributed by atoms with Crippen LogP contribution < -0.4 is 5.73 Å². The first-order valence-electron chi connectivity index (χ1n) is 51.3. The molecule has 32 heteroatoms. The molecule has 3 aromatic heterocycles. The van der Waals surface area contributed by atoms with E-state index in [1.165, 1.54) is 38.6 Å². The maximum atomic E-state index is 15.3. The molecule has 4 fully saturated rings. The number of hydrogen-bond acceptors (Lipinski definition) is 30. The van der Waals surface area contributed by atoms with E-state index in [0.717, 1.165) is 76.8 Å². The van der Waals surface area contributed by atoms with E-state index < -0.39 is 167 Å². The van der Waals surface area contributed by atoms with E-state index in [-0.39, 0.29) is 86.9 Å². The Morgan fingerprint density at radius 1 is 0.545 bits per heavy atom. The number of rotatable bonds is 30. The largest absolute Gasteiger partial charge is 0.458 e. The van der Waals surface area contributed by atoms with Gasteiger partial charge in [-0.05, 0) is 227 Å². The molecule has 5 aliphatic rings. The van der Waals surface area contributed by atoms with Gasteiger partial charge in [-0.3, -0.25) is 43.6 Å². The van der Waals surface area contributed by atoms with Gasteiger partial charge in [0.2, 0.25) is 0 Å². The van der Waals surface area contributed by atoms with Crippen LogP contribution in [0.15, 0.2) is 176 Å². The van der Waals surface area contributed by atoms with Crippen molar-refractivity contribution in [3.63, 3.8) is 0 Å². The molecule has 0 bridgehead atoms. The monoisotopic (exact) mass is 2010 g/mol. The van der Waals surface area contributed by atoms with Gasteiger partial charge in [0.25, 0.3) is 0 Å². The Kier molecular flexibility index (Phi) is 42.4. The number of nitrogens with zero attached hydrogens (tertiary/aromatic N) is 9. The molecule has 4 aromatic carbocycles. The number of hydrogen-bond donors (Lipinski definition) is 1. The molecular weight excluding hydrogens is 1850 g/mol. The first kappa shape index (κ1) is 116. The minimum absolute atomic E-state index is 0.00650. The van der Waals surface area contributed by atoms with Gasteiger partial charge in [-0.1, -0.05) is 173 Å². The number of carbonyl (C=O) groups excluding carboxylic acids is 10. The highest BCUT2D eigenvalue weighted by molar-refractivity contribution is 6.01. The third kappa shape index (κ3) is 29.3. The number of ether oxygens (including phenoxy) is 12. The summed E-state index contributed by atoms with van der Waals surface area (Å²) >= 11 is 0. The molecular formula is C113H156N10O22. The lowest BCUT2D eigenvalue weighted by atomic mass is 9.73. The number of likely N-dealkylation sites (N-methyl/N-ethyl adjacent to an activating group) is 4. The van der Waals surface area contributed by atoms with Crippen LogP contribution in [0.1, 0.15) is 209 Å². The van der Waals surface area contributed by atoms with Crippen molar-refractivity contribution >= 4 is 93.2 Å². The van der Waals surface area contributed by atoms with Crippen LogP contribution >= 0.6 is 0 Å².